The van der Waals surface area contributed by atoms with Gasteiger partial charge in [-0.2, -0.15) is 13.2 Å². The molecule has 0 saturated carbocycles. The lowest BCUT2D eigenvalue weighted by atomic mass is 10.0. The number of nitrogens with zero attached hydrogens (tertiary/aromatic N) is 1. The van der Waals surface area contributed by atoms with E-state index >= 15 is 0 Å². The molecule has 2 aromatic carbocycles. The molecule has 1 aliphatic rings. The largest absolute Gasteiger partial charge is 0.488 e. The van der Waals surface area contributed by atoms with Crippen LogP contribution < -0.4 is 15.0 Å². The Balaban J connectivity index is 1.46. The third kappa shape index (κ3) is 6.43. The Labute approximate surface area is 216 Å². The summed E-state index contributed by atoms with van der Waals surface area (Å²) < 4.78 is 47.2. The summed E-state index contributed by atoms with van der Waals surface area (Å²) in [6.45, 7) is 2.58. The number of hydrogen-bond donors (Lipinski definition) is 2. The minimum absolute atomic E-state index is 0.00775. The van der Waals surface area contributed by atoms with Crippen molar-refractivity contribution in [2.45, 2.75) is 45.4 Å². The summed E-state index contributed by atoms with van der Waals surface area (Å²) in [6, 6.07) is 13.5. The number of urea groups is 1. The number of benzene rings is 2. The number of hydrogen-bond acceptors (Lipinski definition) is 4. The number of carbonyl (C=O) groups is 2. The standard InChI is InChI=1S/C27H27F3N2O4S/c1-17-6-2-3-8-21(17)22-15-20(37-25(22)27(28,29)30)16-36-19-10-11-23-18(14-19)7-5-13-32(23)26(35)31-12-4-9-24(33)34/h2-3,6,8,10-11,14-15H,4-5,7,9,12-13,16H2,1H3,(H,31,35)(H,33,34). The fourth-order valence-electron chi connectivity index (χ4n) is 4.36. The van der Waals surface area contributed by atoms with E-state index in [9.17, 15) is 22.8 Å². The van der Waals surface area contributed by atoms with E-state index < -0.39 is 17.0 Å². The molecule has 0 spiro atoms. The number of carbonyl (C=O) groups excluding carboxylic acids is 1. The summed E-state index contributed by atoms with van der Waals surface area (Å²) in [6.07, 6.45) is -2.65. The van der Waals surface area contributed by atoms with Gasteiger partial charge in [0.2, 0.25) is 0 Å². The van der Waals surface area contributed by atoms with Crippen molar-refractivity contribution in [3.05, 3.63) is 69.4 Å². The Bertz CT molecular complexity index is 1290. The number of rotatable bonds is 8. The third-order valence-electron chi connectivity index (χ3n) is 6.12. The molecule has 1 aromatic heterocycles. The molecule has 10 heteroatoms. The quantitative estimate of drug-likeness (QED) is 0.319. The van der Waals surface area contributed by atoms with Crippen LogP contribution in [0.25, 0.3) is 11.1 Å². The predicted molar refractivity (Wildman–Crippen MR) is 136 cm³/mol. The van der Waals surface area contributed by atoms with Crippen LogP contribution in [0.3, 0.4) is 0 Å². The van der Waals surface area contributed by atoms with E-state index in [4.69, 9.17) is 9.84 Å². The van der Waals surface area contributed by atoms with E-state index in [1.54, 1.807) is 54.3 Å². The van der Waals surface area contributed by atoms with E-state index in [2.05, 4.69) is 5.32 Å². The highest BCUT2D eigenvalue weighted by atomic mass is 32.1. The zero-order chi connectivity index (χ0) is 26.6. The van der Waals surface area contributed by atoms with Crippen LogP contribution in [0, 0.1) is 6.92 Å². The molecule has 0 saturated heterocycles. The fraction of sp³-hybridized carbons (Fsp3) is 0.333. The lowest BCUT2D eigenvalue weighted by Crippen LogP contribution is -2.43. The Kier molecular flexibility index (Phi) is 8.06. The van der Waals surface area contributed by atoms with Gasteiger partial charge in [-0.1, -0.05) is 24.3 Å². The zero-order valence-electron chi connectivity index (χ0n) is 20.2. The molecular weight excluding hydrogens is 505 g/mol. The van der Waals surface area contributed by atoms with Gasteiger partial charge in [0.1, 0.15) is 17.2 Å². The molecule has 2 amide bonds. The number of halogens is 3. The highest BCUT2D eigenvalue weighted by Gasteiger charge is 2.36. The number of aliphatic carboxylic acids is 1. The first-order valence-electron chi connectivity index (χ1n) is 11.9. The van der Waals surface area contributed by atoms with Gasteiger partial charge in [-0.05, 0) is 67.1 Å². The Hall–Kier alpha value is -3.53. The summed E-state index contributed by atoms with van der Waals surface area (Å²) in [5.41, 5.74) is 3.12. The van der Waals surface area contributed by atoms with Crippen molar-refractivity contribution in [1.29, 1.82) is 0 Å². The number of anilines is 1. The van der Waals surface area contributed by atoms with Gasteiger partial charge in [-0.3, -0.25) is 9.69 Å². The maximum atomic E-state index is 13.8. The third-order valence-corrected chi connectivity index (χ3v) is 7.27. The van der Waals surface area contributed by atoms with Gasteiger partial charge in [-0.25, -0.2) is 4.79 Å². The first-order valence-corrected chi connectivity index (χ1v) is 12.7. The Morgan fingerprint density at radius 1 is 1.14 bits per heavy atom. The summed E-state index contributed by atoms with van der Waals surface area (Å²) in [5.74, 6) is -0.393. The minimum Gasteiger partial charge on any atom is -0.488 e. The molecule has 1 aliphatic heterocycles. The molecule has 0 aliphatic carbocycles. The lowest BCUT2D eigenvalue weighted by Gasteiger charge is -2.30. The van der Waals surface area contributed by atoms with Crippen LogP contribution in [0.5, 0.6) is 5.75 Å². The molecule has 0 fully saturated rings. The van der Waals surface area contributed by atoms with Crippen molar-refractivity contribution in [2.24, 2.45) is 0 Å². The molecule has 3 aromatic rings. The van der Waals surface area contributed by atoms with Gasteiger partial charge >= 0.3 is 18.2 Å². The molecule has 37 heavy (non-hydrogen) atoms. The SMILES string of the molecule is Cc1ccccc1-c1cc(COc2ccc3c(c2)CCCN3C(=O)NCCCC(=O)O)sc1C(F)(F)F. The number of fused-ring (bicyclic) bond motifs is 1. The average molecular weight is 533 g/mol. The second-order valence-electron chi connectivity index (χ2n) is 8.83. The lowest BCUT2D eigenvalue weighted by molar-refractivity contribution is -0.137. The molecule has 2 heterocycles. The molecular formula is C27H27F3N2O4S. The molecule has 4 rings (SSSR count). The number of alkyl halides is 3. The predicted octanol–water partition coefficient (Wildman–Crippen LogP) is 6.65. The van der Waals surface area contributed by atoms with Gasteiger partial charge in [0.15, 0.2) is 0 Å². The summed E-state index contributed by atoms with van der Waals surface area (Å²) in [5, 5.41) is 11.5. The molecule has 0 bridgehead atoms. The number of amides is 2. The number of ether oxygens (including phenoxy) is 1. The Morgan fingerprint density at radius 2 is 1.92 bits per heavy atom. The monoisotopic (exact) mass is 532 g/mol. The van der Waals surface area contributed by atoms with E-state index in [-0.39, 0.29) is 31.2 Å². The molecule has 0 radical (unpaired) electrons. The topological polar surface area (TPSA) is 78.9 Å². The van der Waals surface area contributed by atoms with Crippen LogP contribution in [-0.2, 0) is 24.0 Å². The highest BCUT2D eigenvalue weighted by molar-refractivity contribution is 7.12. The van der Waals surface area contributed by atoms with E-state index in [0.717, 1.165) is 29.7 Å². The molecule has 2 N–H and O–H groups in total. The van der Waals surface area contributed by atoms with E-state index in [0.29, 0.717) is 40.5 Å². The van der Waals surface area contributed by atoms with Crippen molar-refractivity contribution in [1.82, 2.24) is 5.32 Å². The first-order chi connectivity index (χ1) is 17.6. The van der Waals surface area contributed by atoms with Crippen LogP contribution in [-0.4, -0.2) is 30.2 Å². The number of carboxylic acids is 1. The summed E-state index contributed by atoms with van der Waals surface area (Å²) in [4.78, 5) is 24.7. The average Bonchev–Trinajstić information content (AvgIpc) is 3.29. The zero-order valence-corrected chi connectivity index (χ0v) is 21.0. The van der Waals surface area contributed by atoms with Crippen molar-refractivity contribution in [2.75, 3.05) is 18.0 Å². The highest BCUT2D eigenvalue weighted by Crippen LogP contribution is 2.44. The maximum Gasteiger partial charge on any atom is 0.426 e. The van der Waals surface area contributed by atoms with Gasteiger partial charge in [0, 0.05) is 35.6 Å². The van der Waals surface area contributed by atoms with Crippen LogP contribution in [0.15, 0.2) is 48.5 Å². The van der Waals surface area contributed by atoms with Crippen molar-refractivity contribution >= 4 is 29.0 Å². The van der Waals surface area contributed by atoms with Gasteiger partial charge < -0.3 is 15.2 Å². The smallest absolute Gasteiger partial charge is 0.426 e. The second-order valence-corrected chi connectivity index (χ2v) is 9.97. The molecule has 0 atom stereocenters. The van der Waals surface area contributed by atoms with Gasteiger partial charge in [-0.15, -0.1) is 11.3 Å². The Morgan fingerprint density at radius 3 is 2.65 bits per heavy atom. The van der Waals surface area contributed by atoms with Gasteiger partial charge in [0.05, 0.1) is 0 Å². The minimum atomic E-state index is -4.47. The second kappa shape index (κ2) is 11.2. The normalized spacial score (nSPS) is 13.2. The van der Waals surface area contributed by atoms with Crippen molar-refractivity contribution in [3.8, 4) is 16.9 Å². The van der Waals surface area contributed by atoms with E-state index in [1.165, 1.54) is 0 Å². The summed E-state index contributed by atoms with van der Waals surface area (Å²) >= 11 is 0.686. The maximum absolute atomic E-state index is 13.8. The number of thiophene rings is 1. The van der Waals surface area contributed by atoms with Crippen LogP contribution >= 0.6 is 11.3 Å². The number of carboxylic acid groups (broad SMARTS) is 1. The number of nitrogens with one attached hydrogen (secondary N) is 1. The van der Waals surface area contributed by atoms with Crippen LogP contribution in [0.1, 0.15) is 40.1 Å². The molecule has 0 unspecified atom stereocenters. The number of aryl methyl sites for hydroxylation is 2. The first kappa shape index (κ1) is 26.5. The van der Waals surface area contributed by atoms with Crippen molar-refractivity contribution < 1.29 is 32.6 Å². The van der Waals surface area contributed by atoms with Crippen LogP contribution in [0.2, 0.25) is 0 Å². The van der Waals surface area contributed by atoms with Crippen molar-refractivity contribution in [3.63, 3.8) is 0 Å². The van der Waals surface area contributed by atoms with Crippen LogP contribution in [0.4, 0.5) is 23.7 Å². The molecule has 196 valence electrons. The fourth-order valence-corrected chi connectivity index (χ4v) is 5.31. The molecule has 6 nitrogen and oxygen atoms in total. The summed E-state index contributed by atoms with van der Waals surface area (Å²) in [7, 11) is 0. The van der Waals surface area contributed by atoms with E-state index in [1.807, 2.05) is 6.07 Å². The van der Waals surface area contributed by atoms with Gasteiger partial charge in [0.25, 0.3) is 0 Å².